The summed E-state index contributed by atoms with van der Waals surface area (Å²) in [6, 6.07) is 3.03. The van der Waals surface area contributed by atoms with E-state index in [4.69, 9.17) is 4.74 Å². The van der Waals surface area contributed by atoms with E-state index in [-0.39, 0.29) is 21.1 Å². The van der Waals surface area contributed by atoms with Gasteiger partial charge in [-0.2, -0.15) is 0 Å². The van der Waals surface area contributed by atoms with Crippen LogP contribution in [0.25, 0.3) is 10.9 Å². The standard InChI is InChI=1S/C10H6BrFN2O3/c1-17-10-8-5(3-2-4-13-8)7(12)6(11)9(10)14(15)16/h2-4H,1H3. The average Bonchev–Trinajstić information content (AvgIpc) is 2.33. The first kappa shape index (κ1) is 11.7. The van der Waals surface area contributed by atoms with E-state index in [0.29, 0.717) is 0 Å². The fourth-order valence-electron chi connectivity index (χ4n) is 1.55. The number of methoxy groups -OCH3 is 1. The molecular formula is C10H6BrFN2O3. The Morgan fingerprint density at radius 3 is 2.88 bits per heavy atom. The Kier molecular flexibility index (Phi) is 2.93. The molecule has 0 aliphatic carbocycles. The molecule has 17 heavy (non-hydrogen) atoms. The largest absolute Gasteiger partial charge is 0.489 e. The van der Waals surface area contributed by atoms with Crippen molar-refractivity contribution < 1.29 is 14.1 Å². The lowest BCUT2D eigenvalue weighted by Crippen LogP contribution is -1.99. The molecule has 0 spiro atoms. The summed E-state index contributed by atoms with van der Waals surface area (Å²) in [5.41, 5.74) is -0.335. The number of pyridine rings is 1. The fraction of sp³-hybridized carbons (Fsp3) is 0.100. The van der Waals surface area contributed by atoms with Gasteiger partial charge in [0.25, 0.3) is 0 Å². The number of ether oxygens (including phenoxy) is 1. The van der Waals surface area contributed by atoms with Crippen molar-refractivity contribution in [2.75, 3.05) is 7.11 Å². The number of nitrogens with zero attached hydrogens (tertiary/aromatic N) is 2. The quantitative estimate of drug-likeness (QED) is 0.631. The van der Waals surface area contributed by atoms with Gasteiger partial charge in [0.1, 0.15) is 9.99 Å². The number of aromatic nitrogens is 1. The summed E-state index contributed by atoms with van der Waals surface area (Å²) < 4.78 is 18.6. The van der Waals surface area contributed by atoms with Gasteiger partial charge in [-0.3, -0.25) is 15.1 Å². The predicted molar refractivity (Wildman–Crippen MR) is 62.6 cm³/mol. The maximum absolute atomic E-state index is 13.9. The minimum Gasteiger partial charge on any atom is -0.489 e. The molecule has 7 heteroatoms. The minimum absolute atomic E-state index is 0.0566. The SMILES string of the molecule is COc1c([N+](=O)[O-])c(Br)c(F)c2cccnc12. The third kappa shape index (κ3) is 1.72. The zero-order valence-electron chi connectivity index (χ0n) is 8.61. The van der Waals surface area contributed by atoms with E-state index in [2.05, 4.69) is 20.9 Å². The second-order valence-electron chi connectivity index (χ2n) is 3.17. The van der Waals surface area contributed by atoms with Crippen LogP contribution in [-0.2, 0) is 0 Å². The molecule has 0 radical (unpaired) electrons. The fourth-order valence-corrected chi connectivity index (χ4v) is 2.09. The average molecular weight is 301 g/mol. The molecule has 0 amide bonds. The Hall–Kier alpha value is -1.76. The van der Waals surface area contributed by atoms with E-state index in [1.54, 1.807) is 6.07 Å². The highest BCUT2D eigenvalue weighted by Crippen LogP contribution is 2.42. The summed E-state index contributed by atoms with van der Waals surface area (Å²) in [7, 11) is 1.28. The van der Waals surface area contributed by atoms with Crippen LogP contribution in [-0.4, -0.2) is 17.0 Å². The van der Waals surface area contributed by atoms with Gasteiger partial charge in [0, 0.05) is 11.6 Å². The molecule has 0 N–H and O–H groups in total. The van der Waals surface area contributed by atoms with E-state index in [1.165, 1.54) is 19.4 Å². The van der Waals surface area contributed by atoms with E-state index in [9.17, 15) is 14.5 Å². The first-order valence-electron chi connectivity index (χ1n) is 4.52. The third-order valence-electron chi connectivity index (χ3n) is 2.26. The predicted octanol–water partition coefficient (Wildman–Crippen LogP) is 3.05. The molecule has 0 bridgehead atoms. The number of nitro benzene ring substituents is 1. The van der Waals surface area contributed by atoms with Crippen LogP contribution in [0.15, 0.2) is 22.8 Å². The molecule has 0 saturated carbocycles. The summed E-state index contributed by atoms with van der Waals surface area (Å²) in [6.45, 7) is 0. The summed E-state index contributed by atoms with van der Waals surface area (Å²) in [4.78, 5) is 14.1. The molecule has 0 atom stereocenters. The van der Waals surface area contributed by atoms with Crippen LogP contribution in [0, 0.1) is 15.9 Å². The smallest absolute Gasteiger partial charge is 0.330 e. The van der Waals surface area contributed by atoms with Gasteiger partial charge in [0.15, 0.2) is 5.82 Å². The molecule has 2 aromatic rings. The molecule has 5 nitrogen and oxygen atoms in total. The number of nitro groups is 1. The number of benzene rings is 1. The normalized spacial score (nSPS) is 10.5. The number of hydrogen-bond donors (Lipinski definition) is 0. The lowest BCUT2D eigenvalue weighted by Gasteiger charge is -2.08. The molecule has 0 fully saturated rings. The van der Waals surface area contributed by atoms with Crippen molar-refractivity contribution in [1.82, 2.24) is 4.98 Å². The summed E-state index contributed by atoms with van der Waals surface area (Å²) in [5, 5.41) is 11.1. The monoisotopic (exact) mass is 300 g/mol. The summed E-state index contributed by atoms with van der Waals surface area (Å²) >= 11 is 2.87. The van der Waals surface area contributed by atoms with Crippen LogP contribution in [0.4, 0.5) is 10.1 Å². The van der Waals surface area contributed by atoms with Gasteiger partial charge >= 0.3 is 5.69 Å². The maximum Gasteiger partial charge on any atom is 0.330 e. The van der Waals surface area contributed by atoms with E-state index < -0.39 is 16.4 Å². The zero-order valence-corrected chi connectivity index (χ0v) is 10.2. The number of hydrogen-bond acceptors (Lipinski definition) is 4. The van der Waals surface area contributed by atoms with Gasteiger partial charge in [-0.1, -0.05) is 0 Å². The third-order valence-corrected chi connectivity index (χ3v) is 2.99. The number of fused-ring (bicyclic) bond motifs is 1. The van der Waals surface area contributed by atoms with Crippen molar-refractivity contribution >= 4 is 32.5 Å². The number of rotatable bonds is 2. The Balaban J connectivity index is 3.00. The van der Waals surface area contributed by atoms with E-state index >= 15 is 0 Å². The first-order valence-corrected chi connectivity index (χ1v) is 5.31. The summed E-state index contributed by atoms with van der Waals surface area (Å²) in [6.07, 6.45) is 1.42. The molecule has 2 rings (SSSR count). The topological polar surface area (TPSA) is 65.3 Å². The number of halogens is 2. The van der Waals surface area contributed by atoms with Crippen LogP contribution >= 0.6 is 15.9 Å². The van der Waals surface area contributed by atoms with E-state index in [0.717, 1.165) is 0 Å². The van der Waals surface area contributed by atoms with Crippen LogP contribution in [0.5, 0.6) is 5.75 Å². The van der Waals surface area contributed by atoms with Crippen LogP contribution in [0.1, 0.15) is 0 Å². The Bertz CT molecular complexity index is 618. The lowest BCUT2D eigenvalue weighted by atomic mass is 10.1. The van der Waals surface area contributed by atoms with Crippen molar-refractivity contribution in [3.05, 3.63) is 38.7 Å². The van der Waals surface area contributed by atoms with Crippen molar-refractivity contribution in [2.24, 2.45) is 0 Å². The zero-order chi connectivity index (χ0) is 12.6. The first-order chi connectivity index (χ1) is 8.07. The molecule has 0 aliphatic rings. The molecular weight excluding hydrogens is 295 g/mol. The van der Waals surface area contributed by atoms with Gasteiger partial charge in [-0.25, -0.2) is 4.39 Å². The lowest BCUT2D eigenvalue weighted by molar-refractivity contribution is -0.386. The van der Waals surface area contributed by atoms with Crippen molar-refractivity contribution in [1.29, 1.82) is 0 Å². The van der Waals surface area contributed by atoms with Crippen LogP contribution in [0.3, 0.4) is 0 Å². The van der Waals surface area contributed by atoms with Crippen molar-refractivity contribution in [3.63, 3.8) is 0 Å². The molecule has 0 saturated heterocycles. The second kappa shape index (κ2) is 4.25. The van der Waals surface area contributed by atoms with Gasteiger partial charge in [-0.15, -0.1) is 0 Å². The molecule has 88 valence electrons. The highest BCUT2D eigenvalue weighted by atomic mass is 79.9. The highest BCUT2D eigenvalue weighted by molar-refractivity contribution is 9.10. The molecule has 1 heterocycles. The van der Waals surface area contributed by atoms with Crippen molar-refractivity contribution in [3.8, 4) is 5.75 Å². The second-order valence-corrected chi connectivity index (χ2v) is 3.96. The summed E-state index contributed by atoms with van der Waals surface area (Å²) in [5.74, 6) is -0.778. The van der Waals surface area contributed by atoms with Gasteiger partial charge in [0.2, 0.25) is 5.75 Å². The van der Waals surface area contributed by atoms with Crippen LogP contribution in [0.2, 0.25) is 0 Å². The molecule has 0 aliphatic heterocycles. The Morgan fingerprint density at radius 1 is 1.59 bits per heavy atom. The van der Waals surface area contributed by atoms with E-state index in [1.807, 2.05) is 0 Å². The van der Waals surface area contributed by atoms with Crippen molar-refractivity contribution in [2.45, 2.75) is 0 Å². The van der Waals surface area contributed by atoms with Crippen LogP contribution < -0.4 is 4.74 Å². The maximum atomic E-state index is 13.9. The highest BCUT2D eigenvalue weighted by Gasteiger charge is 2.28. The Labute approximate surface area is 103 Å². The Morgan fingerprint density at radius 2 is 2.29 bits per heavy atom. The molecule has 0 unspecified atom stereocenters. The molecule has 1 aromatic heterocycles. The van der Waals surface area contributed by atoms with Gasteiger partial charge in [-0.05, 0) is 28.1 Å². The van der Waals surface area contributed by atoms with Gasteiger partial charge < -0.3 is 4.74 Å². The molecule has 1 aromatic carbocycles. The minimum atomic E-state index is -0.722. The van der Waals surface area contributed by atoms with Gasteiger partial charge in [0.05, 0.1) is 12.0 Å².